The van der Waals surface area contributed by atoms with Gasteiger partial charge in [0.05, 0.1) is 5.54 Å². The maximum atomic E-state index is 11.3. The summed E-state index contributed by atoms with van der Waals surface area (Å²) in [7, 11) is 0. The molecule has 108 valence electrons. The van der Waals surface area contributed by atoms with Gasteiger partial charge in [-0.25, -0.2) is 0 Å². The largest absolute Gasteiger partial charge is 0.347 e. The third-order valence-corrected chi connectivity index (χ3v) is 4.29. The van der Waals surface area contributed by atoms with Gasteiger partial charge in [-0.15, -0.1) is 0 Å². The minimum Gasteiger partial charge on any atom is -0.347 e. The molecule has 2 aliphatic rings. The zero-order valence-corrected chi connectivity index (χ0v) is 12.1. The molecule has 20 heavy (non-hydrogen) atoms. The molecule has 1 heterocycles. The monoisotopic (exact) mass is 273 g/mol. The molecule has 1 aromatic rings. The Morgan fingerprint density at radius 3 is 2.45 bits per heavy atom. The van der Waals surface area contributed by atoms with Gasteiger partial charge in [0.2, 0.25) is 5.91 Å². The van der Waals surface area contributed by atoms with Crippen LogP contribution in [0, 0.1) is 0 Å². The number of amides is 1. The molecule has 0 spiro atoms. The lowest BCUT2D eigenvalue weighted by atomic mass is 10.0. The van der Waals surface area contributed by atoms with E-state index in [4.69, 9.17) is 0 Å². The molecule has 4 nitrogen and oxygen atoms in total. The molecule has 0 radical (unpaired) electrons. The van der Waals surface area contributed by atoms with Crippen LogP contribution in [0.3, 0.4) is 0 Å². The molecular formula is C16H23N3O. The summed E-state index contributed by atoms with van der Waals surface area (Å²) in [6.07, 6.45) is 2.12. The predicted octanol–water partition coefficient (Wildman–Crippen LogP) is 1.22. The Hall–Kier alpha value is -1.39. The second kappa shape index (κ2) is 5.54. The number of benzene rings is 1. The van der Waals surface area contributed by atoms with E-state index in [-0.39, 0.29) is 11.4 Å². The number of piperazine rings is 1. The van der Waals surface area contributed by atoms with E-state index in [2.05, 4.69) is 39.8 Å². The highest BCUT2D eigenvalue weighted by Gasteiger charge is 2.44. The SMILES string of the molecule is CC(=O)NC1(c2ccc(CN3CCNCC3)cc2)CC1. The van der Waals surface area contributed by atoms with Crippen LogP contribution in [0.25, 0.3) is 0 Å². The van der Waals surface area contributed by atoms with Crippen LogP contribution in [-0.4, -0.2) is 37.0 Å². The average molecular weight is 273 g/mol. The highest BCUT2D eigenvalue weighted by molar-refractivity contribution is 5.74. The number of nitrogens with zero attached hydrogens (tertiary/aromatic N) is 1. The Morgan fingerprint density at radius 1 is 1.25 bits per heavy atom. The van der Waals surface area contributed by atoms with E-state index < -0.39 is 0 Å². The summed E-state index contributed by atoms with van der Waals surface area (Å²) >= 11 is 0. The van der Waals surface area contributed by atoms with Gasteiger partial charge in [0.1, 0.15) is 0 Å². The molecule has 1 amide bonds. The average Bonchev–Trinajstić information content (AvgIpc) is 3.21. The van der Waals surface area contributed by atoms with Crippen molar-refractivity contribution < 1.29 is 4.79 Å². The summed E-state index contributed by atoms with van der Waals surface area (Å²) in [4.78, 5) is 13.8. The molecule has 0 bridgehead atoms. The van der Waals surface area contributed by atoms with Crippen LogP contribution >= 0.6 is 0 Å². The second-order valence-corrected chi connectivity index (χ2v) is 5.99. The van der Waals surface area contributed by atoms with Gasteiger partial charge >= 0.3 is 0 Å². The van der Waals surface area contributed by atoms with Gasteiger partial charge in [0.25, 0.3) is 0 Å². The first-order valence-electron chi connectivity index (χ1n) is 7.49. The van der Waals surface area contributed by atoms with Crippen LogP contribution in [0.4, 0.5) is 0 Å². The van der Waals surface area contributed by atoms with Crippen LogP contribution < -0.4 is 10.6 Å². The van der Waals surface area contributed by atoms with Crippen molar-refractivity contribution in [3.63, 3.8) is 0 Å². The van der Waals surface area contributed by atoms with Crippen LogP contribution in [0.2, 0.25) is 0 Å². The summed E-state index contributed by atoms with van der Waals surface area (Å²) in [5.41, 5.74) is 2.53. The molecule has 1 aliphatic carbocycles. The Morgan fingerprint density at radius 2 is 1.90 bits per heavy atom. The van der Waals surface area contributed by atoms with E-state index in [0.717, 1.165) is 45.6 Å². The number of nitrogens with one attached hydrogen (secondary N) is 2. The molecule has 0 atom stereocenters. The fraction of sp³-hybridized carbons (Fsp3) is 0.562. The lowest BCUT2D eigenvalue weighted by Crippen LogP contribution is -2.42. The number of hydrogen-bond donors (Lipinski definition) is 2. The van der Waals surface area contributed by atoms with Crippen molar-refractivity contribution >= 4 is 5.91 Å². The summed E-state index contributed by atoms with van der Waals surface area (Å²) < 4.78 is 0. The normalized spacial score (nSPS) is 21.4. The van der Waals surface area contributed by atoms with E-state index in [0.29, 0.717) is 0 Å². The quantitative estimate of drug-likeness (QED) is 0.867. The molecular weight excluding hydrogens is 250 g/mol. The number of carbonyl (C=O) groups excluding carboxylic acids is 1. The maximum Gasteiger partial charge on any atom is 0.217 e. The van der Waals surface area contributed by atoms with Crippen molar-refractivity contribution in [2.75, 3.05) is 26.2 Å². The number of hydrogen-bond acceptors (Lipinski definition) is 3. The van der Waals surface area contributed by atoms with E-state index in [1.165, 1.54) is 11.1 Å². The lowest BCUT2D eigenvalue weighted by molar-refractivity contribution is -0.120. The molecule has 1 aromatic carbocycles. The fourth-order valence-corrected chi connectivity index (χ4v) is 3.00. The third-order valence-electron chi connectivity index (χ3n) is 4.29. The summed E-state index contributed by atoms with van der Waals surface area (Å²) in [6, 6.07) is 8.78. The van der Waals surface area contributed by atoms with E-state index in [1.807, 2.05) is 0 Å². The van der Waals surface area contributed by atoms with Gasteiger partial charge in [-0.1, -0.05) is 24.3 Å². The molecule has 0 unspecified atom stereocenters. The van der Waals surface area contributed by atoms with Crippen LogP contribution in [-0.2, 0) is 16.9 Å². The first kappa shape index (κ1) is 13.6. The molecule has 1 aliphatic heterocycles. The van der Waals surface area contributed by atoms with Gasteiger partial charge in [-0.2, -0.15) is 0 Å². The van der Waals surface area contributed by atoms with Crippen molar-refractivity contribution in [3.05, 3.63) is 35.4 Å². The number of rotatable bonds is 4. The molecule has 1 saturated carbocycles. The van der Waals surface area contributed by atoms with Crippen LogP contribution in [0.1, 0.15) is 30.9 Å². The highest BCUT2D eigenvalue weighted by Crippen LogP contribution is 2.45. The zero-order valence-electron chi connectivity index (χ0n) is 12.1. The molecule has 2 fully saturated rings. The van der Waals surface area contributed by atoms with E-state index >= 15 is 0 Å². The van der Waals surface area contributed by atoms with Crippen molar-refractivity contribution in [1.82, 2.24) is 15.5 Å². The van der Waals surface area contributed by atoms with Gasteiger partial charge in [-0.3, -0.25) is 9.69 Å². The lowest BCUT2D eigenvalue weighted by Gasteiger charge is -2.27. The minimum absolute atomic E-state index is 0.0624. The van der Waals surface area contributed by atoms with Gasteiger partial charge in [0.15, 0.2) is 0 Å². The first-order chi connectivity index (χ1) is 9.68. The van der Waals surface area contributed by atoms with Crippen LogP contribution in [0.15, 0.2) is 24.3 Å². The smallest absolute Gasteiger partial charge is 0.217 e. The Bertz CT molecular complexity index is 473. The molecule has 0 aromatic heterocycles. The minimum atomic E-state index is -0.0700. The van der Waals surface area contributed by atoms with Crippen molar-refractivity contribution in [2.24, 2.45) is 0 Å². The van der Waals surface area contributed by atoms with Crippen LogP contribution in [0.5, 0.6) is 0 Å². The van der Waals surface area contributed by atoms with Crippen molar-refractivity contribution in [3.8, 4) is 0 Å². The first-order valence-corrected chi connectivity index (χ1v) is 7.49. The van der Waals surface area contributed by atoms with Gasteiger partial charge in [0, 0.05) is 39.6 Å². The Kier molecular flexibility index (Phi) is 3.76. The second-order valence-electron chi connectivity index (χ2n) is 5.99. The van der Waals surface area contributed by atoms with Gasteiger partial charge in [-0.05, 0) is 24.0 Å². The molecule has 4 heteroatoms. The maximum absolute atomic E-state index is 11.3. The summed E-state index contributed by atoms with van der Waals surface area (Å²) in [5, 5.41) is 6.46. The molecule has 2 N–H and O–H groups in total. The number of carbonyl (C=O) groups is 1. The molecule has 3 rings (SSSR count). The topological polar surface area (TPSA) is 44.4 Å². The van der Waals surface area contributed by atoms with E-state index in [1.54, 1.807) is 6.92 Å². The summed E-state index contributed by atoms with van der Waals surface area (Å²) in [6.45, 7) is 7.04. The van der Waals surface area contributed by atoms with Crippen molar-refractivity contribution in [2.45, 2.75) is 31.8 Å². The fourth-order valence-electron chi connectivity index (χ4n) is 3.00. The van der Waals surface area contributed by atoms with Gasteiger partial charge < -0.3 is 10.6 Å². The summed E-state index contributed by atoms with van der Waals surface area (Å²) in [5.74, 6) is 0.0624. The Labute approximate surface area is 120 Å². The Balaban J connectivity index is 1.64. The van der Waals surface area contributed by atoms with Crippen molar-refractivity contribution in [1.29, 1.82) is 0 Å². The zero-order chi connectivity index (χ0) is 14.0. The highest BCUT2D eigenvalue weighted by atomic mass is 16.1. The third kappa shape index (κ3) is 3.02. The predicted molar refractivity (Wildman–Crippen MR) is 79.3 cm³/mol. The standard InChI is InChI=1S/C16H23N3O/c1-13(20)18-16(6-7-16)15-4-2-14(3-5-15)12-19-10-8-17-9-11-19/h2-5,17H,6-12H2,1H3,(H,18,20). The van der Waals surface area contributed by atoms with E-state index in [9.17, 15) is 4.79 Å². The molecule has 1 saturated heterocycles.